The second kappa shape index (κ2) is 3.94. The normalized spacial score (nSPS) is 21.2. The van der Waals surface area contributed by atoms with Crippen molar-refractivity contribution in [1.29, 1.82) is 0 Å². The summed E-state index contributed by atoms with van der Waals surface area (Å²) in [6.07, 6.45) is 0. The minimum Gasteiger partial charge on any atom is -0.273 e. The van der Waals surface area contributed by atoms with E-state index in [9.17, 15) is 4.79 Å². The predicted octanol–water partition coefficient (Wildman–Crippen LogP) is 2.75. The van der Waals surface area contributed by atoms with Crippen LogP contribution in [-0.2, 0) is 4.79 Å². The zero-order valence-electron chi connectivity index (χ0n) is 8.56. The highest BCUT2D eigenvalue weighted by Crippen LogP contribution is 2.33. The number of carbonyl (C=O) groups is 1. The Labute approximate surface area is 98.7 Å². The molecule has 1 aromatic rings. The number of rotatable bonds is 1. The fourth-order valence-electron chi connectivity index (χ4n) is 1.56. The summed E-state index contributed by atoms with van der Waals surface area (Å²) in [5.74, 6) is 0.0827. The minimum absolute atomic E-state index is 0.0582. The standard InChI is InChI=1S/C11H11NOS2/c1-7-5-3-4-6-9(7)12-10(13)8(2)15-11(12)14/h3-6,8H,1-2H3. The molecule has 78 valence electrons. The van der Waals surface area contributed by atoms with Gasteiger partial charge in [0.2, 0.25) is 5.91 Å². The maximum atomic E-state index is 11.9. The summed E-state index contributed by atoms with van der Waals surface area (Å²) in [6, 6.07) is 7.79. The van der Waals surface area contributed by atoms with E-state index >= 15 is 0 Å². The number of thiocarbonyl (C=S) groups is 1. The van der Waals surface area contributed by atoms with Crippen molar-refractivity contribution in [2.45, 2.75) is 19.1 Å². The van der Waals surface area contributed by atoms with Gasteiger partial charge in [0.1, 0.15) is 4.32 Å². The molecule has 1 amide bonds. The topological polar surface area (TPSA) is 20.3 Å². The van der Waals surface area contributed by atoms with Gasteiger partial charge in [0.15, 0.2) is 0 Å². The number of hydrogen-bond donors (Lipinski definition) is 0. The second-order valence-electron chi connectivity index (χ2n) is 3.49. The summed E-state index contributed by atoms with van der Waals surface area (Å²) in [7, 11) is 0. The summed E-state index contributed by atoms with van der Waals surface area (Å²) in [5.41, 5.74) is 1.98. The molecule has 1 saturated heterocycles. The number of aryl methyl sites for hydroxylation is 1. The number of benzene rings is 1. The van der Waals surface area contributed by atoms with Gasteiger partial charge in [0.25, 0.3) is 0 Å². The Morgan fingerprint density at radius 1 is 1.40 bits per heavy atom. The smallest absolute Gasteiger partial charge is 0.245 e. The molecule has 2 nitrogen and oxygen atoms in total. The van der Waals surface area contributed by atoms with Crippen LogP contribution < -0.4 is 4.90 Å². The molecular formula is C11H11NOS2. The number of carbonyl (C=O) groups excluding carboxylic acids is 1. The van der Waals surface area contributed by atoms with Crippen LogP contribution in [0.4, 0.5) is 5.69 Å². The van der Waals surface area contributed by atoms with E-state index in [0.717, 1.165) is 11.3 Å². The number of thioether (sulfide) groups is 1. The molecule has 4 heteroatoms. The maximum Gasteiger partial charge on any atom is 0.245 e. The quantitative estimate of drug-likeness (QED) is 0.700. The Balaban J connectivity index is 2.44. The molecule has 0 aromatic heterocycles. The van der Waals surface area contributed by atoms with Crippen molar-refractivity contribution in [3.05, 3.63) is 29.8 Å². The monoisotopic (exact) mass is 237 g/mol. The molecule has 0 aliphatic carbocycles. The highest BCUT2D eigenvalue weighted by molar-refractivity contribution is 8.25. The van der Waals surface area contributed by atoms with Crippen LogP contribution in [0.2, 0.25) is 0 Å². The van der Waals surface area contributed by atoms with Gasteiger partial charge in [-0.3, -0.25) is 9.69 Å². The van der Waals surface area contributed by atoms with Crippen LogP contribution in [0, 0.1) is 6.92 Å². The van der Waals surface area contributed by atoms with E-state index < -0.39 is 0 Å². The van der Waals surface area contributed by atoms with Gasteiger partial charge in [-0.15, -0.1) is 0 Å². The molecule has 15 heavy (non-hydrogen) atoms. The van der Waals surface area contributed by atoms with Crippen molar-refractivity contribution in [2.24, 2.45) is 0 Å². The molecule has 1 aliphatic rings. The fraction of sp³-hybridized carbons (Fsp3) is 0.273. The Hall–Kier alpha value is -0.870. The number of para-hydroxylation sites is 1. The van der Waals surface area contributed by atoms with Gasteiger partial charge < -0.3 is 0 Å². The molecule has 1 fully saturated rings. The first kappa shape index (κ1) is 10.6. The molecule has 1 atom stereocenters. The van der Waals surface area contributed by atoms with Crippen molar-refractivity contribution < 1.29 is 4.79 Å². The van der Waals surface area contributed by atoms with Crippen LogP contribution in [0.1, 0.15) is 12.5 Å². The average Bonchev–Trinajstić information content (AvgIpc) is 2.43. The number of amides is 1. The lowest BCUT2D eigenvalue weighted by atomic mass is 10.2. The van der Waals surface area contributed by atoms with Gasteiger partial charge in [-0.1, -0.05) is 42.2 Å². The number of nitrogens with zero attached hydrogens (tertiary/aromatic N) is 1. The van der Waals surface area contributed by atoms with Crippen LogP contribution >= 0.6 is 24.0 Å². The molecular weight excluding hydrogens is 226 g/mol. The lowest BCUT2D eigenvalue weighted by Gasteiger charge is -2.17. The van der Waals surface area contributed by atoms with Crippen LogP contribution in [0.15, 0.2) is 24.3 Å². The van der Waals surface area contributed by atoms with Crippen molar-refractivity contribution >= 4 is 39.9 Å². The molecule has 1 aromatic carbocycles. The van der Waals surface area contributed by atoms with Crippen molar-refractivity contribution in [1.82, 2.24) is 0 Å². The first-order chi connectivity index (χ1) is 7.11. The zero-order valence-corrected chi connectivity index (χ0v) is 10.2. The van der Waals surface area contributed by atoms with E-state index in [1.807, 2.05) is 38.1 Å². The van der Waals surface area contributed by atoms with Gasteiger partial charge in [-0.2, -0.15) is 0 Å². The summed E-state index contributed by atoms with van der Waals surface area (Å²) in [4.78, 5) is 13.5. The molecule has 0 spiro atoms. The molecule has 1 unspecified atom stereocenters. The van der Waals surface area contributed by atoms with Crippen molar-refractivity contribution in [3.8, 4) is 0 Å². The van der Waals surface area contributed by atoms with E-state index in [1.54, 1.807) is 4.90 Å². The van der Waals surface area contributed by atoms with Crippen LogP contribution in [0.3, 0.4) is 0 Å². The van der Waals surface area contributed by atoms with Crippen LogP contribution in [0.5, 0.6) is 0 Å². The fourth-order valence-corrected chi connectivity index (χ4v) is 2.98. The molecule has 0 saturated carbocycles. The SMILES string of the molecule is Cc1ccccc1N1C(=O)C(C)SC1=S. The van der Waals surface area contributed by atoms with E-state index in [-0.39, 0.29) is 11.2 Å². The molecule has 2 rings (SSSR count). The van der Waals surface area contributed by atoms with Crippen LogP contribution in [0.25, 0.3) is 0 Å². The zero-order chi connectivity index (χ0) is 11.0. The van der Waals surface area contributed by atoms with Crippen molar-refractivity contribution in [2.75, 3.05) is 4.90 Å². The van der Waals surface area contributed by atoms with E-state index in [2.05, 4.69) is 0 Å². The molecule has 0 bridgehead atoms. The number of hydrogen-bond acceptors (Lipinski definition) is 3. The lowest BCUT2D eigenvalue weighted by molar-refractivity contribution is -0.116. The summed E-state index contributed by atoms with van der Waals surface area (Å²) >= 11 is 6.65. The molecule has 1 heterocycles. The summed E-state index contributed by atoms with van der Waals surface area (Å²) < 4.78 is 0.654. The van der Waals surface area contributed by atoms with Gasteiger partial charge in [-0.25, -0.2) is 0 Å². The molecule has 1 aliphatic heterocycles. The van der Waals surface area contributed by atoms with Gasteiger partial charge in [0, 0.05) is 0 Å². The highest BCUT2D eigenvalue weighted by Gasteiger charge is 2.35. The van der Waals surface area contributed by atoms with Crippen LogP contribution in [-0.4, -0.2) is 15.5 Å². The molecule has 0 radical (unpaired) electrons. The van der Waals surface area contributed by atoms with E-state index in [0.29, 0.717) is 4.32 Å². The third-order valence-corrected chi connectivity index (χ3v) is 3.80. The summed E-state index contributed by atoms with van der Waals surface area (Å²) in [6.45, 7) is 3.87. The Bertz CT molecular complexity index is 430. The lowest BCUT2D eigenvalue weighted by Crippen LogP contribution is -2.30. The minimum atomic E-state index is -0.0582. The van der Waals surface area contributed by atoms with Gasteiger partial charge in [-0.05, 0) is 25.5 Å². The summed E-state index contributed by atoms with van der Waals surface area (Å²) in [5, 5.41) is -0.0582. The highest BCUT2D eigenvalue weighted by atomic mass is 32.2. The first-order valence-electron chi connectivity index (χ1n) is 4.71. The molecule has 0 N–H and O–H groups in total. The van der Waals surface area contributed by atoms with Gasteiger partial charge >= 0.3 is 0 Å². The first-order valence-corrected chi connectivity index (χ1v) is 6.00. The largest absolute Gasteiger partial charge is 0.273 e. The second-order valence-corrected chi connectivity index (χ2v) is 5.46. The van der Waals surface area contributed by atoms with Gasteiger partial charge in [0.05, 0.1) is 10.9 Å². The third kappa shape index (κ3) is 1.79. The number of anilines is 1. The maximum absolute atomic E-state index is 11.9. The predicted molar refractivity (Wildman–Crippen MR) is 68.3 cm³/mol. The van der Waals surface area contributed by atoms with Crippen molar-refractivity contribution in [3.63, 3.8) is 0 Å². The Morgan fingerprint density at radius 2 is 2.07 bits per heavy atom. The average molecular weight is 237 g/mol. The Kier molecular flexibility index (Phi) is 2.80. The third-order valence-electron chi connectivity index (χ3n) is 2.38. The van der Waals surface area contributed by atoms with E-state index in [4.69, 9.17) is 12.2 Å². The Morgan fingerprint density at radius 3 is 2.60 bits per heavy atom. The van der Waals surface area contributed by atoms with E-state index in [1.165, 1.54) is 11.8 Å².